The van der Waals surface area contributed by atoms with Crippen LogP contribution in [0.5, 0.6) is 0 Å². The highest BCUT2D eigenvalue weighted by Gasteiger charge is 2.38. The number of nitrogens with one attached hydrogen (secondary N) is 2. The van der Waals surface area contributed by atoms with E-state index < -0.39 is 12.1 Å². The van der Waals surface area contributed by atoms with Crippen LogP contribution in [0.15, 0.2) is 24.3 Å². The summed E-state index contributed by atoms with van der Waals surface area (Å²) in [4.78, 5) is 10.9. The van der Waals surface area contributed by atoms with E-state index in [2.05, 4.69) is 19.2 Å². The van der Waals surface area contributed by atoms with Crippen molar-refractivity contribution in [3.8, 4) is 0 Å². The molecule has 6 heteroatoms. The van der Waals surface area contributed by atoms with Crippen LogP contribution in [-0.2, 0) is 11.3 Å². The number of anilines is 1. The maximum atomic E-state index is 12.2. The second-order valence-corrected chi connectivity index (χ2v) is 4.55. The molecule has 0 bridgehead atoms. The third-order valence-corrected chi connectivity index (χ3v) is 3.02. The number of hydrogen-bond acceptors (Lipinski definition) is 2. The lowest BCUT2D eigenvalue weighted by Crippen LogP contribution is -2.30. The maximum absolute atomic E-state index is 12.2. The molecular formula is C14H19F3N2O. The summed E-state index contributed by atoms with van der Waals surface area (Å²) in [6.07, 6.45) is -2.90. The number of hydrogen-bond donors (Lipinski definition) is 2. The molecule has 1 aromatic carbocycles. The van der Waals surface area contributed by atoms with E-state index in [1.54, 1.807) is 18.2 Å². The molecule has 1 amide bonds. The highest BCUT2D eigenvalue weighted by atomic mass is 19.4. The van der Waals surface area contributed by atoms with Crippen LogP contribution in [-0.4, -0.2) is 18.1 Å². The largest absolute Gasteiger partial charge is 0.471 e. The van der Waals surface area contributed by atoms with E-state index in [0.717, 1.165) is 18.4 Å². The third-order valence-electron chi connectivity index (χ3n) is 3.02. The molecule has 2 N–H and O–H groups in total. The molecule has 0 unspecified atom stereocenters. The second kappa shape index (κ2) is 7.28. The number of amides is 1. The van der Waals surface area contributed by atoms with Crippen LogP contribution in [0.3, 0.4) is 0 Å². The van der Waals surface area contributed by atoms with Gasteiger partial charge < -0.3 is 10.6 Å². The topological polar surface area (TPSA) is 41.1 Å². The molecule has 0 fully saturated rings. The Morgan fingerprint density at radius 2 is 1.90 bits per heavy atom. The zero-order valence-electron chi connectivity index (χ0n) is 11.6. The number of alkyl halides is 3. The number of carbonyl (C=O) groups is 1. The quantitative estimate of drug-likeness (QED) is 0.841. The average molecular weight is 288 g/mol. The van der Waals surface area contributed by atoms with Crippen molar-refractivity contribution in [3.05, 3.63) is 29.8 Å². The van der Waals surface area contributed by atoms with Crippen LogP contribution >= 0.6 is 0 Å². The lowest BCUT2D eigenvalue weighted by Gasteiger charge is -2.15. The normalized spacial score (nSPS) is 11.7. The fourth-order valence-corrected chi connectivity index (χ4v) is 1.80. The van der Waals surface area contributed by atoms with Gasteiger partial charge in [-0.05, 0) is 30.5 Å². The van der Waals surface area contributed by atoms with E-state index >= 15 is 0 Å². The minimum Gasteiger partial charge on any atom is -0.318 e. The molecule has 0 aliphatic heterocycles. The Balaban J connectivity index is 2.64. The summed E-state index contributed by atoms with van der Waals surface area (Å²) in [5, 5.41) is 5.16. The monoisotopic (exact) mass is 288 g/mol. The Bertz CT molecular complexity index is 442. The second-order valence-electron chi connectivity index (χ2n) is 4.55. The van der Waals surface area contributed by atoms with Crippen LogP contribution in [0.1, 0.15) is 32.3 Å². The summed E-state index contributed by atoms with van der Waals surface area (Å²) in [5.41, 5.74) is 0.980. The molecule has 0 radical (unpaired) electrons. The number of carbonyl (C=O) groups excluding carboxylic acids is 1. The van der Waals surface area contributed by atoms with Gasteiger partial charge in [0.15, 0.2) is 0 Å². The predicted molar refractivity (Wildman–Crippen MR) is 72.3 cm³/mol. The van der Waals surface area contributed by atoms with Crippen LogP contribution in [0.2, 0.25) is 0 Å². The summed E-state index contributed by atoms with van der Waals surface area (Å²) in [5.74, 6) is -1.96. The summed E-state index contributed by atoms with van der Waals surface area (Å²) in [7, 11) is 0. The molecule has 0 atom stereocenters. The molecule has 0 aliphatic carbocycles. The van der Waals surface area contributed by atoms with Crippen molar-refractivity contribution in [3.63, 3.8) is 0 Å². The zero-order valence-corrected chi connectivity index (χ0v) is 11.6. The molecular weight excluding hydrogens is 269 g/mol. The van der Waals surface area contributed by atoms with Crippen LogP contribution in [0.25, 0.3) is 0 Å². The zero-order chi connectivity index (χ0) is 15.2. The van der Waals surface area contributed by atoms with Gasteiger partial charge >= 0.3 is 12.1 Å². The Kier molecular flexibility index (Phi) is 6.01. The molecule has 1 rings (SSSR count). The van der Waals surface area contributed by atoms with Crippen LogP contribution in [0, 0.1) is 0 Å². The molecule has 0 aliphatic rings. The van der Waals surface area contributed by atoms with E-state index in [1.807, 2.05) is 5.32 Å². The van der Waals surface area contributed by atoms with Gasteiger partial charge in [0.05, 0.1) is 0 Å². The van der Waals surface area contributed by atoms with Gasteiger partial charge in [-0.25, -0.2) is 0 Å². The van der Waals surface area contributed by atoms with Crippen molar-refractivity contribution in [1.29, 1.82) is 0 Å². The summed E-state index contributed by atoms with van der Waals surface area (Å²) < 4.78 is 36.5. The van der Waals surface area contributed by atoms with Crippen molar-refractivity contribution in [2.45, 2.75) is 45.5 Å². The smallest absolute Gasteiger partial charge is 0.318 e. The molecule has 3 nitrogen and oxygen atoms in total. The number of rotatable bonds is 6. The van der Waals surface area contributed by atoms with Crippen molar-refractivity contribution in [2.24, 2.45) is 0 Å². The first-order chi connectivity index (χ1) is 9.36. The molecule has 0 aromatic heterocycles. The molecule has 112 valence electrons. The molecule has 0 saturated carbocycles. The molecule has 0 heterocycles. The highest BCUT2D eigenvalue weighted by molar-refractivity contribution is 5.94. The Morgan fingerprint density at radius 3 is 2.45 bits per heavy atom. The Morgan fingerprint density at radius 1 is 1.25 bits per heavy atom. The fraction of sp³-hybridized carbons (Fsp3) is 0.500. The first-order valence-electron chi connectivity index (χ1n) is 6.57. The van der Waals surface area contributed by atoms with Gasteiger partial charge in [0.25, 0.3) is 0 Å². The first kappa shape index (κ1) is 16.5. The van der Waals surface area contributed by atoms with Crippen molar-refractivity contribution in [2.75, 3.05) is 5.32 Å². The van der Waals surface area contributed by atoms with Crippen molar-refractivity contribution >= 4 is 11.6 Å². The average Bonchev–Trinajstić information content (AvgIpc) is 2.39. The van der Waals surface area contributed by atoms with Gasteiger partial charge in [-0.1, -0.05) is 26.0 Å². The van der Waals surface area contributed by atoms with Crippen molar-refractivity contribution in [1.82, 2.24) is 5.32 Å². The van der Waals surface area contributed by atoms with Crippen LogP contribution in [0.4, 0.5) is 18.9 Å². The summed E-state index contributed by atoms with van der Waals surface area (Å²) in [6.45, 7) is 4.70. The molecule has 20 heavy (non-hydrogen) atoms. The molecule has 1 aromatic rings. The Hall–Kier alpha value is -1.56. The number of halogens is 3. The van der Waals surface area contributed by atoms with E-state index in [4.69, 9.17) is 0 Å². The highest BCUT2D eigenvalue weighted by Crippen LogP contribution is 2.19. The van der Waals surface area contributed by atoms with E-state index in [0.29, 0.717) is 12.6 Å². The van der Waals surface area contributed by atoms with E-state index in [1.165, 1.54) is 6.07 Å². The van der Waals surface area contributed by atoms with Gasteiger partial charge in [-0.3, -0.25) is 4.79 Å². The Labute approximate surface area is 116 Å². The molecule has 0 spiro atoms. The number of benzene rings is 1. The fourth-order valence-electron chi connectivity index (χ4n) is 1.80. The van der Waals surface area contributed by atoms with E-state index in [9.17, 15) is 18.0 Å². The lowest BCUT2D eigenvalue weighted by molar-refractivity contribution is -0.167. The molecule has 0 saturated heterocycles. The van der Waals surface area contributed by atoms with Crippen molar-refractivity contribution < 1.29 is 18.0 Å². The van der Waals surface area contributed by atoms with Gasteiger partial charge in [0.1, 0.15) is 0 Å². The van der Waals surface area contributed by atoms with Gasteiger partial charge in [0.2, 0.25) is 0 Å². The third kappa shape index (κ3) is 5.21. The maximum Gasteiger partial charge on any atom is 0.471 e. The first-order valence-corrected chi connectivity index (χ1v) is 6.57. The van der Waals surface area contributed by atoms with Gasteiger partial charge in [-0.2, -0.15) is 13.2 Å². The minimum atomic E-state index is -4.87. The van der Waals surface area contributed by atoms with Gasteiger partial charge in [0, 0.05) is 18.3 Å². The van der Waals surface area contributed by atoms with Crippen LogP contribution < -0.4 is 10.6 Å². The minimum absolute atomic E-state index is 0.149. The van der Waals surface area contributed by atoms with E-state index in [-0.39, 0.29) is 5.69 Å². The summed E-state index contributed by atoms with van der Waals surface area (Å²) >= 11 is 0. The SMILES string of the molecule is CCC(CC)NCc1cccc(NC(=O)C(F)(F)F)c1. The predicted octanol–water partition coefficient (Wildman–Crippen LogP) is 3.47. The standard InChI is InChI=1S/C14H19F3N2O/c1-3-11(4-2)18-9-10-6-5-7-12(8-10)19-13(20)14(15,16)17/h5-8,11,18H,3-4,9H2,1-2H3,(H,19,20). The lowest BCUT2D eigenvalue weighted by atomic mass is 10.1. The summed E-state index contributed by atoms with van der Waals surface area (Å²) in [6, 6.07) is 6.78. The van der Waals surface area contributed by atoms with Gasteiger partial charge in [-0.15, -0.1) is 0 Å².